The first-order valence-electron chi connectivity index (χ1n) is 5.91. The maximum absolute atomic E-state index is 12.0. The molecule has 2 aliphatic rings. The summed E-state index contributed by atoms with van der Waals surface area (Å²) in [5.74, 6) is 0.0567. The van der Waals surface area contributed by atoms with Gasteiger partial charge in [0.2, 0.25) is 0 Å². The monoisotopic (exact) mass is 222 g/mol. The van der Waals surface area contributed by atoms with Crippen LogP contribution in [0.25, 0.3) is 0 Å². The van der Waals surface area contributed by atoms with Crippen molar-refractivity contribution in [2.45, 2.75) is 39.5 Å². The molecule has 0 heterocycles. The molecule has 2 atom stereocenters. The Kier molecular flexibility index (Phi) is 2.74. The van der Waals surface area contributed by atoms with Crippen LogP contribution in [0.5, 0.6) is 0 Å². The fourth-order valence-corrected chi connectivity index (χ4v) is 3.12. The highest BCUT2D eigenvalue weighted by Gasteiger charge is 2.49. The SMILES string of the molecule is C[C@@H]1CCC2=C(C(=O)CC2)[C@]1(C)C(=O)CO. The Balaban J connectivity index is 2.51. The molecule has 0 aromatic carbocycles. The number of carbonyl (C=O) groups is 2. The summed E-state index contributed by atoms with van der Waals surface area (Å²) in [7, 11) is 0. The minimum Gasteiger partial charge on any atom is -0.389 e. The largest absolute Gasteiger partial charge is 0.389 e. The van der Waals surface area contributed by atoms with Crippen molar-refractivity contribution >= 4 is 11.6 Å². The van der Waals surface area contributed by atoms with E-state index in [2.05, 4.69) is 0 Å². The van der Waals surface area contributed by atoms with Crippen LogP contribution in [-0.2, 0) is 9.59 Å². The van der Waals surface area contributed by atoms with Gasteiger partial charge in [0.15, 0.2) is 11.6 Å². The summed E-state index contributed by atoms with van der Waals surface area (Å²) in [6, 6.07) is 0. The van der Waals surface area contributed by atoms with Crippen LogP contribution in [0.1, 0.15) is 39.5 Å². The molecule has 0 bridgehead atoms. The van der Waals surface area contributed by atoms with Gasteiger partial charge in [-0.05, 0) is 32.1 Å². The van der Waals surface area contributed by atoms with Gasteiger partial charge in [-0.15, -0.1) is 0 Å². The lowest BCUT2D eigenvalue weighted by Gasteiger charge is -2.39. The third kappa shape index (κ3) is 1.38. The molecule has 1 N–H and O–H groups in total. The highest BCUT2D eigenvalue weighted by atomic mass is 16.3. The van der Waals surface area contributed by atoms with E-state index in [4.69, 9.17) is 5.11 Å². The van der Waals surface area contributed by atoms with E-state index in [0.29, 0.717) is 6.42 Å². The van der Waals surface area contributed by atoms with E-state index in [0.717, 1.165) is 30.4 Å². The molecule has 16 heavy (non-hydrogen) atoms. The number of carbonyl (C=O) groups excluding carboxylic acids is 2. The predicted octanol–water partition coefficient (Wildman–Crippen LogP) is 1.64. The number of allylic oxidation sites excluding steroid dienone is 2. The van der Waals surface area contributed by atoms with Gasteiger partial charge < -0.3 is 5.11 Å². The van der Waals surface area contributed by atoms with Gasteiger partial charge in [0.1, 0.15) is 6.61 Å². The van der Waals surface area contributed by atoms with Crippen LogP contribution in [0.2, 0.25) is 0 Å². The molecule has 0 aromatic heterocycles. The zero-order valence-electron chi connectivity index (χ0n) is 9.88. The second-order valence-corrected chi connectivity index (χ2v) is 5.13. The van der Waals surface area contributed by atoms with Gasteiger partial charge in [0, 0.05) is 12.0 Å². The Morgan fingerprint density at radius 1 is 1.44 bits per heavy atom. The van der Waals surface area contributed by atoms with E-state index < -0.39 is 12.0 Å². The molecule has 0 aromatic rings. The molecule has 0 unspecified atom stereocenters. The topological polar surface area (TPSA) is 54.4 Å². The average molecular weight is 222 g/mol. The van der Waals surface area contributed by atoms with Crippen molar-refractivity contribution in [3.05, 3.63) is 11.1 Å². The van der Waals surface area contributed by atoms with Gasteiger partial charge in [-0.2, -0.15) is 0 Å². The molecule has 0 aliphatic heterocycles. The summed E-state index contributed by atoms with van der Waals surface area (Å²) < 4.78 is 0. The third-order valence-electron chi connectivity index (χ3n) is 4.39. The van der Waals surface area contributed by atoms with Crippen molar-refractivity contribution in [2.75, 3.05) is 6.61 Å². The maximum Gasteiger partial charge on any atom is 0.168 e. The fourth-order valence-electron chi connectivity index (χ4n) is 3.12. The first-order valence-corrected chi connectivity index (χ1v) is 5.91. The van der Waals surface area contributed by atoms with Crippen LogP contribution >= 0.6 is 0 Å². The van der Waals surface area contributed by atoms with Crippen LogP contribution < -0.4 is 0 Å². The van der Waals surface area contributed by atoms with E-state index in [1.807, 2.05) is 13.8 Å². The Hall–Kier alpha value is -0.960. The molecule has 3 nitrogen and oxygen atoms in total. The third-order valence-corrected chi connectivity index (χ3v) is 4.39. The van der Waals surface area contributed by atoms with E-state index in [1.54, 1.807) is 0 Å². The first-order chi connectivity index (χ1) is 7.51. The van der Waals surface area contributed by atoms with E-state index in [-0.39, 0.29) is 17.5 Å². The molecule has 2 rings (SSSR count). The molecule has 0 saturated heterocycles. The Morgan fingerprint density at radius 2 is 2.12 bits per heavy atom. The van der Waals surface area contributed by atoms with Crippen molar-refractivity contribution in [1.82, 2.24) is 0 Å². The molecule has 2 aliphatic carbocycles. The predicted molar refractivity (Wildman–Crippen MR) is 59.9 cm³/mol. The fraction of sp³-hybridized carbons (Fsp3) is 0.692. The molecule has 0 radical (unpaired) electrons. The lowest BCUT2D eigenvalue weighted by Crippen LogP contribution is -2.42. The van der Waals surface area contributed by atoms with E-state index in [9.17, 15) is 9.59 Å². The summed E-state index contributed by atoms with van der Waals surface area (Å²) in [5, 5.41) is 9.09. The lowest BCUT2D eigenvalue weighted by molar-refractivity contribution is -0.133. The van der Waals surface area contributed by atoms with Crippen molar-refractivity contribution < 1.29 is 14.7 Å². The second-order valence-electron chi connectivity index (χ2n) is 5.13. The van der Waals surface area contributed by atoms with Crippen molar-refractivity contribution in [1.29, 1.82) is 0 Å². The zero-order chi connectivity index (χ0) is 11.9. The number of ketones is 2. The highest BCUT2D eigenvalue weighted by molar-refractivity contribution is 6.07. The zero-order valence-corrected chi connectivity index (χ0v) is 9.88. The van der Waals surface area contributed by atoms with Gasteiger partial charge in [0.05, 0.1) is 5.41 Å². The lowest BCUT2D eigenvalue weighted by atomic mass is 9.63. The van der Waals surface area contributed by atoms with E-state index in [1.165, 1.54) is 0 Å². The molecular weight excluding hydrogens is 204 g/mol. The number of aliphatic hydroxyl groups is 1. The van der Waals surface area contributed by atoms with Crippen molar-refractivity contribution in [3.8, 4) is 0 Å². The second kappa shape index (κ2) is 3.81. The molecule has 0 fully saturated rings. The van der Waals surface area contributed by atoms with Crippen molar-refractivity contribution in [3.63, 3.8) is 0 Å². The summed E-state index contributed by atoms with van der Waals surface area (Å²) in [5.41, 5.74) is 1.15. The van der Waals surface area contributed by atoms with Crippen LogP contribution in [0, 0.1) is 11.3 Å². The maximum atomic E-state index is 12.0. The van der Waals surface area contributed by atoms with E-state index >= 15 is 0 Å². The molecular formula is C13H18O3. The van der Waals surface area contributed by atoms with Crippen molar-refractivity contribution in [2.24, 2.45) is 11.3 Å². The first kappa shape index (κ1) is 11.5. The minimum atomic E-state index is -0.740. The van der Waals surface area contributed by atoms with Crippen LogP contribution in [0.15, 0.2) is 11.1 Å². The molecule has 0 amide bonds. The molecule has 0 spiro atoms. The van der Waals surface area contributed by atoms with Crippen LogP contribution in [0.3, 0.4) is 0 Å². The molecule has 88 valence electrons. The van der Waals surface area contributed by atoms with Gasteiger partial charge >= 0.3 is 0 Å². The number of hydrogen-bond acceptors (Lipinski definition) is 3. The molecule has 3 heteroatoms. The van der Waals surface area contributed by atoms with Gasteiger partial charge in [-0.25, -0.2) is 0 Å². The number of rotatable bonds is 2. The highest BCUT2D eigenvalue weighted by Crippen LogP contribution is 2.49. The summed E-state index contributed by atoms with van der Waals surface area (Å²) in [4.78, 5) is 23.8. The smallest absolute Gasteiger partial charge is 0.168 e. The normalized spacial score (nSPS) is 34.2. The van der Waals surface area contributed by atoms with Gasteiger partial charge in [-0.1, -0.05) is 12.5 Å². The standard InChI is InChI=1S/C13H18O3/c1-8-3-4-9-5-6-10(15)12(9)13(8,2)11(16)7-14/h8,14H,3-7H2,1-2H3/t8-,13+/m1/s1. The Bertz CT molecular complexity index is 381. The number of hydrogen-bond donors (Lipinski definition) is 1. The molecule has 0 saturated carbocycles. The minimum absolute atomic E-state index is 0.117. The summed E-state index contributed by atoms with van der Waals surface area (Å²) >= 11 is 0. The quantitative estimate of drug-likeness (QED) is 0.772. The van der Waals surface area contributed by atoms with Crippen LogP contribution in [0.4, 0.5) is 0 Å². The summed E-state index contributed by atoms with van der Waals surface area (Å²) in [6.07, 6.45) is 3.24. The number of Topliss-reactive ketones (excluding diaryl/α,β-unsaturated/α-hetero) is 2. The average Bonchev–Trinajstić information content (AvgIpc) is 2.65. The Morgan fingerprint density at radius 3 is 2.75 bits per heavy atom. The summed E-state index contributed by atoms with van der Waals surface area (Å²) in [6.45, 7) is 3.36. The van der Waals surface area contributed by atoms with Gasteiger partial charge in [0.25, 0.3) is 0 Å². The Labute approximate surface area is 95.5 Å². The van der Waals surface area contributed by atoms with Gasteiger partial charge in [-0.3, -0.25) is 9.59 Å². The number of aliphatic hydroxyl groups excluding tert-OH is 1. The van der Waals surface area contributed by atoms with Crippen LogP contribution in [-0.4, -0.2) is 23.3 Å².